The lowest BCUT2D eigenvalue weighted by molar-refractivity contribution is -0.918. The summed E-state index contributed by atoms with van der Waals surface area (Å²) in [7, 11) is 0. The van der Waals surface area contributed by atoms with E-state index in [1.807, 2.05) is 13.8 Å². The van der Waals surface area contributed by atoms with Crippen LogP contribution in [0.2, 0.25) is 0 Å². The van der Waals surface area contributed by atoms with E-state index in [-0.39, 0.29) is 17.3 Å². The second-order valence-electron chi connectivity index (χ2n) is 7.66. The van der Waals surface area contributed by atoms with Crippen LogP contribution in [0.1, 0.15) is 32.2 Å². The highest BCUT2D eigenvalue weighted by Crippen LogP contribution is 2.25. The van der Waals surface area contributed by atoms with Crippen molar-refractivity contribution in [1.29, 1.82) is 0 Å². The molecule has 3 aromatic rings. The highest BCUT2D eigenvalue weighted by atomic mass is 32.1. The van der Waals surface area contributed by atoms with Crippen LogP contribution in [0.4, 0.5) is 4.39 Å². The zero-order chi connectivity index (χ0) is 20.7. The molecule has 0 saturated carbocycles. The van der Waals surface area contributed by atoms with E-state index in [0.29, 0.717) is 42.0 Å². The Morgan fingerprint density at radius 2 is 2.00 bits per heavy atom. The average molecular weight is 416 g/mol. The predicted octanol–water partition coefficient (Wildman–Crippen LogP) is 1.59. The molecule has 2 aromatic heterocycles. The molecule has 6 nitrogen and oxygen atoms in total. The molecular formula is C21H24FN4O2S+. The Balaban J connectivity index is 1.42. The van der Waals surface area contributed by atoms with Crippen LogP contribution in [-0.2, 0) is 6.54 Å². The van der Waals surface area contributed by atoms with Crippen molar-refractivity contribution in [3.63, 3.8) is 0 Å². The Labute approximate surface area is 172 Å². The molecule has 2 N–H and O–H groups in total. The van der Waals surface area contributed by atoms with E-state index >= 15 is 0 Å². The third-order valence-electron chi connectivity index (χ3n) is 5.68. The molecule has 8 heteroatoms. The smallest absolute Gasteiger partial charge is 0.260 e. The fourth-order valence-corrected chi connectivity index (χ4v) is 4.78. The Morgan fingerprint density at radius 3 is 2.69 bits per heavy atom. The summed E-state index contributed by atoms with van der Waals surface area (Å²) >= 11 is 1.55. The first kappa shape index (κ1) is 19.7. The van der Waals surface area contributed by atoms with Gasteiger partial charge in [0.15, 0.2) is 5.82 Å². The fraction of sp³-hybridized carbons (Fsp3) is 0.381. The number of amides is 1. The van der Waals surface area contributed by atoms with Gasteiger partial charge in [-0.25, -0.2) is 9.37 Å². The second kappa shape index (κ2) is 7.68. The molecule has 0 spiro atoms. The van der Waals surface area contributed by atoms with Crippen LogP contribution < -0.4 is 10.5 Å². The molecule has 1 fully saturated rings. The van der Waals surface area contributed by atoms with E-state index < -0.39 is 0 Å². The molecule has 1 aliphatic rings. The predicted molar refractivity (Wildman–Crippen MR) is 111 cm³/mol. The van der Waals surface area contributed by atoms with E-state index in [9.17, 15) is 14.0 Å². The van der Waals surface area contributed by atoms with Crippen LogP contribution in [0.5, 0.6) is 0 Å². The van der Waals surface area contributed by atoms with Gasteiger partial charge < -0.3 is 14.8 Å². The van der Waals surface area contributed by atoms with Crippen molar-refractivity contribution in [3.05, 3.63) is 61.8 Å². The van der Waals surface area contributed by atoms with Crippen molar-refractivity contribution in [2.75, 3.05) is 26.2 Å². The van der Waals surface area contributed by atoms with Crippen LogP contribution in [0.3, 0.4) is 0 Å². The minimum Gasteiger partial charge on any atom is -0.327 e. The van der Waals surface area contributed by atoms with Gasteiger partial charge in [-0.2, -0.15) is 0 Å². The summed E-state index contributed by atoms with van der Waals surface area (Å²) in [6, 6.07) is 4.62. The lowest BCUT2D eigenvalue weighted by Gasteiger charge is -2.32. The van der Waals surface area contributed by atoms with Gasteiger partial charge in [-0.1, -0.05) is 6.07 Å². The minimum atomic E-state index is -0.357. The van der Waals surface area contributed by atoms with Crippen LogP contribution >= 0.6 is 11.3 Å². The maximum Gasteiger partial charge on any atom is 0.260 e. The van der Waals surface area contributed by atoms with Crippen molar-refractivity contribution < 1.29 is 14.1 Å². The number of rotatable bonds is 3. The Bertz CT molecular complexity index is 1150. The number of carbonyl (C=O) groups is 1. The summed E-state index contributed by atoms with van der Waals surface area (Å²) in [6.07, 6.45) is 0. The number of carbonyl (C=O) groups excluding carboxylic acids is 1. The molecule has 1 aliphatic heterocycles. The quantitative estimate of drug-likeness (QED) is 0.683. The third kappa shape index (κ3) is 3.82. The number of hydrogen-bond donors (Lipinski definition) is 2. The monoisotopic (exact) mass is 415 g/mol. The summed E-state index contributed by atoms with van der Waals surface area (Å²) in [5.41, 5.74) is 1.83. The fourth-order valence-electron chi connectivity index (χ4n) is 3.73. The van der Waals surface area contributed by atoms with Gasteiger partial charge >= 0.3 is 0 Å². The van der Waals surface area contributed by atoms with Crippen LogP contribution in [0.25, 0.3) is 10.2 Å². The standard InChI is InChI=1S/C21H23FN4O2S/c1-12-4-5-15(10-16(12)22)21(28)26-8-6-25(7-9-26)11-17-23-19(27)18-13(2)14(3)29-20(18)24-17/h4-5,10H,6-9,11H2,1-3H3,(H,23,24,27)/p+1. The molecule has 152 valence electrons. The summed E-state index contributed by atoms with van der Waals surface area (Å²) in [6.45, 7) is 8.94. The topological polar surface area (TPSA) is 70.5 Å². The number of fused-ring (bicyclic) bond motifs is 1. The number of nitrogens with one attached hydrogen (secondary N) is 2. The number of aryl methyl sites for hydroxylation is 3. The first-order chi connectivity index (χ1) is 13.8. The van der Waals surface area contributed by atoms with Gasteiger partial charge in [-0.05, 0) is 44.0 Å². The maximum atomic E-state index is 13.8. The van der Waals surface area contributed by atoms with Gasteiger partial charge in [0.05, 0.1) is 31.6 Å². The highest BCUT2D eigenvalue weighted by Gasteiger charge is 2.26. The van der Waals surface area contributed by atoms with Crippen molar-refractivity contribution in [1.82, 2.24) is 14.9 Å². The molecule has 3 heterocycles. The molecular weight excluding hydrogens is 391 g/mol. The molecule has 1 saturated heterocycles. The van der Waals surface area contributed by atoms with Gasteiger partial charge in [0.25, 0.3) is 11.5 Å². The average Bonchev–Trinajstić information content (AvgIpc) is 2.98. The first-order valence-electron chi connectivity index (χ1n) is 9.71. The van der Waals surface area contributed by atoms with Crippen LogP contribution in [0, 0.1) is 26.6 Å². The van der Waals surface area contributed by atoms with Crippen molar-refractivity contribution in [2.45, 2.75) is 27.3 Å². The molecule has 1 aromatic carbocycles. The maximum absolute atomic E-state index is 13.8. The molecule has 0 atom stereocenters. The van der Waals surface area contributed by atoms with Gasteiger partial charge in [-0.3, -0.25) is 9.59 Å². The van der Waals surface area contributed by atoms with Crippen molar-refractivity contribution in [3.8, 4) is 0 Å². The normalized spacial score (nSPS) is 15.2. The minimum absolute atomic E-state index is 0.0820. The number of aromatic nitrogens is 2. The molecule has 4 rings (SSSR count). The second-order valence-corrected chi connectivity index (χ2v) is 8.86. The lowest BCUT2D eigenvalue weighted by Crippen LogP contribution is -3.13. The van der Waals surface area contributed by atoms with E-state index in [1.54, 1.807) is 35.3 Å². The number of halogens is 1. The molecule has 0 unspecified atom stereocenters. The summed E-state index contributed by atoms with van der Waals surface area (Å²) in [4.78, 5) is 37.6. The number of thiophene rings is 1. The lowest BCUT2D eigenvalue weighted by atomic mass is 10.1. The van der Waals surface area contributed by atoms with Crippen molar-refractivity contribution >= 4 is 27.5 Å². The third-order valence-corrected chi connectivity index (χ3v) is 6.78. The van der Waals surface area contributed by atoms with Gasteiger partial charge in [0, 0.05) is 10.4 Å². The Kier molecular flexibility index (Phi) is 5.23. The Hall–Kier alpha value is -2.58. The number of H-pyrrole nitrogens is 1. The van der Waals surface area contributed by atoms with Crippen LogP contribution in [0.15, 0.2) is 23.0 Å². The molecule has 1 amide bonds. The zero-order valence-electron chi connectivity index (χ0n) is 16.8. The summed E-state index contributed by atoms with van der Waals surface area (Å²) < 4.78 is 13.8. The zero-order valence-corrected chi connectivity index (χ0v) is 17.6. The molecule has 0 bridgehead atoms. The summed E-state index contributed by atoms with van der Waals surface area (Å²) in [5, 5.41) is 0.687. The van der Waals surface area contributed by atoms with E-state index in [4.69, 9.17) is 0 Å². The molecule has 0 aliphatic carbocycles. The number of nitrogens with zero attached hydrogens (tertiary/aromatic N) is 2. The van der Waals surface area contributed by atoms with Gasteiger partial charge in [-0.15, -0.1) is 11.3 Å². The van der Waals surface area contributed by atoms with Gasteiger partial charge in [0.1, 0.15) is 17.2 Å². The Morgan fingerprint density at radius 1 is 1.28 bits per heavy atom. The van der Waals surface area contributed by atoms with Crippen molar-refractivity contribution in [2.24, 2.45) is 0 Å². The van der Waals surface area contributed by atoms with E-state index in [0.717, 1.165) is 28.4 Å². The van der Waals surface area contributed by atoms with Gasteiger partial charge in [0.2, 0.25) is 0 Å². The number of benzene rings is 1. The summed E-state index contributed by atoms with van der Waals surface area (Å²) in [5.74, 6) is 0.184. The van der Waals surface area contributed by atoms with E-state index in [1.165, 1.54) is 11.0 Å². The molecule has 0 radical (unpaired) electrons. The largest absolute Gasteiger partial charge is 0.327 e. The van der Waals surface area contributed by atoms with Crippen LogP contribution in [-0.4, -0.2) is 47.0 Å². The number of aromatic amines is 1. The van der Waals surface area contributed by atoms with E-state index in [2.05, 4.69) is 9.97 Å². The number of hydrogen-bond acceptors (Lipinski definition) is 4. The molecule has 29 heavy (non-hydrogen) atoms. The first-order valence-corrected chi connectivity index (χ1v) is 10.5. The highest BCUT2D eigenvalue weighted by molar-refractivity contribution is 7.18. The number of piperazine rings is 1. The number of quaternary nitrogens is 1. The SMILES string of the molecule is Cc1ccc(C(=O)N2CC[NH+](Cc3nc4sc(C)c(C)c4c(=O)[nH]3)CC2)cc1F.